The van der Waals surface area contributed by atoms with Gasteiger partial charge in [-0.3, -0.25) is 0 Å². The smallest absolute Gasteiger partial charge is 0.348 e. The van der Waals surface area contributed by atoms with E-state index in [9.17, 15) is 14.3 Å². The molecule has 1 atom stereocenters. The van der Waals surface area contributed by atoms with Crippen LogP contribution in [0.5, 0.6) is 11.5 Å². The van der Waals surface area contributed by atoms with Crippen LogP contribution < -0.4 is 4.74 Å². The zero-order valence-corrected chi connectivity index (χ0v) is 9.28. The Labute approximate surface area is 92.6 Å². The van der Waals surface area contributed by atoms with Crippen LogP contribution in [0.3, 0.4) is 0 Å². The van der Waals surface area contributed by atoms with Crippen molar-refractivity contribution in [2.24, 2.45) is 0 Å². The lowest BCUT2D eigenvalue weighted by molar-refractivity contribution is -0.154. The van der Waals surface area contributed by atoms with Gasteiger partial charge in [0.1, 0.15) is 0 Å². The molecule has 0 aliphatic rings. The maximum atomic E-state index is 14.2. The largest absolute Gasteiger partial charge is 0.504 e. The summed E-state index contributed by atoms with van der Waals surface area (Å²) in [6.45, 7) is 1.05. The van der Waals surface area contributed by atoms with Crippen molar-refractivity contribution in [3.05, 3.63) is 23.8 Å². The van der Waals surface area contributed by atoms with Gasteiger partial charge < -0.3 is 14.6 Å². The molecule has 0 radical (unpaired) electrons. The van der Waals surface area contributed by atoms with E-state index in [-0.39, 0.29) is 17.1 Å². The van der Waals surface area contributed by atoms with Gasteiger partial charge >= 0.3 is 5.97 Å². The van der Waals surface area contributed by atoms with Gasteiger partial charge in [0.05, 0.1) is 14.2 Å². The predicted octanol–water partition coefficient (Wildman–Crippen LogP) is 1.76. The minimum atomic E-state index is -2.36. The minimum absolute atomic E-state index is 0.0677. The van der Waals surface area contributed by atoms with Crippen LogP contribution in [0, 0.1) is 0 Å². The van der Waals surface area contributed by atoms with Gasteiger partial charge in [0.2, 0.25) is 5.67 Å². The highest BCUT2D eigenvalue weighted by Gasteiger charge is 2.39. The van der Waals surface area contributed by atoms with Crippen molar-refractivity contribution in [3.63, 3.8) is 0 Å². The maximum Gasteiger partial charge on any atom is 0.348 e. The van der Waals surface area contributed by atoms with Crippen molar-refractivity contribution < 1.29 is 23.8 Å². The van der Waals surface area contributed by atoms with Gasteiger partial charge in [-0.2, -0.15) is 0 Å². The first-order valence-electron chi connectivity index (χ1n) is 4.59. The molecule has 0 saturated heterocycles. The number of hydrogen-bond acceptors (Lipinski definition) is 4. The Balaban J connectivity index is 3.32. The molecule has 5 heteroatoms. The number of hydrogen-bond donors (Lipinski definition) is 1. The van der Waals surface area contributed by atoms with Crippen LogP contribution >= 0.6 is 0 Å². The van der Waals surface area contributed by atoms with Gasteiger partial charge in [-0.15, -0.1) is 0 Å². The van der Waals surface area contributed by atoms with E-state index in [2.05, 4.69) is 4.74 Å². The fraction of sp³-hybridized carbons (Fsp3) is 0.364. The monoisotopic (exact) mass is 228 g/mol. The number of phenols is 1. The third-order valence-electron chi connectivity index (χ3n) is 2.27. The molecule has 0 aromatic heterocycles. The molecule has 0 spiro atoms. The van der Waals surface area contributed by atoms with E-state index < -0.39 is 11.6 Å². The topological polar surface area (TPSA) is 55.8 Å². The van der Waals surface area contributed by atoms with Crippen LogP contribution in [-0.4, -0.2) is 25.3 Å². The predicted molar refractivity (Wildman–Crippen MR) is 55.1 cm³/mol. The number of para-hydroxylation sites is 1. The molecule has 0 fully saturated rings. The Morgan fingerprint density at radius 2 is 2.06 bits per heavy atom. The highest BCUT2D eigenvalue weighted by Crippen LogP contribution is 2.39. The lowest BCUT2D eigenvalue weighted by Gasteiger charge is -2.20. The van der Waals surface area contributed by atoms with Crippen molar-refractivity contribution in [2.45, 2.75) is 12.6 Å². The first-order chi connectivity index (χ1) is 7.45. The van der Waals surface area contributed by atoms with Crippen LogP contribution in [0.15, 0.2) is 18.2 Å². The van der Waals surface area contributed by atoms with Gasteiger partial charge in [-0.1, -0.05) is 12.1 Å². The second-order valence-electron chi connectivity index (χ2n) is 3.35. The van der Waals surface area contributed by atoms with Crippen molar-refractivity contribution in [1.29, 1.82) is 0 Å². The molecule has 1 rings (SSSR count). The number of methoxy groups -OCH3 is 2. The lowest BCUT2D eigenvalue weighted by atomic mass is 9.96. The number of phenolic OH excluding ortho intramolecular Hbond substituents is 1. The zero-order valence-electron chi connectivity index (χ0n) is 9.28. The number of esters is 1. The Morgan fingerprint density at radius 3 is 2.56 bits per heavy atom. The summed E-state index contributed by atoms with van der Waals surface area (Å²) in [5.74, 6) is -1.35. The molecule has 88 valence electrons. The first-order valence-corrected chi connectivity index (χ1v) is 4.59. The number of halogens is 1. The molecule has 1 aromatic rings. The normalized spacial score (nSPS) is 14.0. The molecule has 0 amide bonds. The molecule has 1 unspecified atom stereocenters. The van der Waals surface area contributed by atoms with E-state index >= 15 is 0 Å². The summed E-state index contributed by atoms with van der Waals surface area (Å²) in [6.07, 6.45) is 0. The quantitative estimate of drug-likeness (QED) is 0.801. The average Bonchev–Trinajstić information content (AvgIpc) is 2.27. The van der Waals surface area contributed by atoms with Gasteiger partial charge in [-0.05, 0) is 13.0 Å². The summed E-state index contributed by atoms with van der Waals surface area (Å²) in [6, 6.07) is 4.12. The summed E-state index contributed by atoms with van der Waals surface area (Å²) in [5, 5.41) is 9.47. The second-order valence-corrected chi connectivity index (χ2v) is 3.35. The Kier molecular flexibility index (Phi) is 3.37. The van der Waals surface area contributed by atoms with Crippen LogP contribution in [-0.2, 0) is 15.2 Å². The van der Waals surface area contributed by atoms with Crippen LogP contribution in [0.2, 0.25) is 0 Å². The number of aromatic hydroxyl groups is 1. The van der Waals surface area contributed by atoms with E-state index in [4.69, 9.17) is 4.74 Å². The fourth-order valence-electron chi connectivity index (χ4n) is 1.41. The molecular weight excluding hydrogens is 215 g/mol. The lowest BCUT2D eigenvalue weighted by Crippen LogP contribution is -2.29. The number of benzene rings is 1. The Bertz CT molecular complexity index is 401. The standard InChI is InChI=1S/C11H13FO4/c1-11(12,10(14)16-3)7-5-4-6-8(13)9(7)15-2/h4-6,13H,1-3H3. The molecule has 1 N–H and O–H groups in total. The second kappa shape index (κ2) is 4.38. The molecule has 0 bridgehead atoms. The maximum absolute atomic E-state index is 14.2. The van der Waals surface area contributed by atoms with Gasteiger partial charge in [0.15, 0.2) is 11.5 Å². The molecule has 4 nitrogen and oxygen atoms in total. The Morgan fingerprint density at radius 1 is 1.44 bits per heavy atom. The Hall–Kier alpha value is -1.78. The van der Waals surface area contributed by atoms with E-state index in [0.29, 0.717) is 0 Å². The average molecular weight is 228 g/mol. The zero-order chi connectivity index (χ0) is 12.3. The molecule has 0 aliphatic heterocycles. The summed E-state index contributed by atoms with van der Waals surface area (Å²) < 4.78 is 23.4. The van der Waals surface area contributed by atoms with Crippen LogP contribution in [0.25, 0.3) is 0 Å². The molecule has 16 heavy (non-hydrogen) atoms. The third-order valence-corrected chi connectivity index (χ3v) is 2.27. The van der Waals surface area contributed by atoms with Crippen molar-refractivity contribution >= 4 is 5.97 Å². The summed E-state index contributed by atoms with van der Waals surface area (Å²) >= 11 is 0. The van der Waals surface area contributed by atoms with Crippen molar-refractivity contribution in [1.82, 2.24) is 0 Å². The van der Waals surface area contributed by atoms with Crippen molar-refractivity contribution in [2.75, 3.05) is 14.2 Å². The number of carbonyl (C=O) groups is 1. The van der Waals surface area contributed by atoms with Crippen molar-refractivity contribution in [3.8, 4) is 11.5 Å². The molecule has 1 aromatic carbocycles. The summed E-state index contributed by atoms with van der Waals surface area (Å²) in [4.78, 5) is 11.3. The van der Waals surface area contributed by atoms with E-state index in [1.807, 2.05) is 0 Å². The summed E-state index contributed by atoms with van der Waals surface area (Å²) in [7, 11) is 2.38. The van der Waals surface area contributed by atoms with E-state index in [0.717, 1.165) is 14.0 Å². The molecular formula is C11H13FO4. The number of carbonyl (C=O) groups excluding carboxylic acids is 1. The first kappa shape index (κ1) is 12.3. The number of ether oxygens (including phenoxy) is 2. The highest BCUT2D eigenvalue weighted by atomic mass is 19.1. The number of rotatable bonds is 3. The molecule has 0 aliphatic carbocycles. The number of alkyl halides is 1. The van der Waals surface area contributed by atoms with Gasteiger partial charge in [0.25, 0.3) is 0 Å². The highest BCUT2D eigenvalue weighted by molar-refractivity contribution is 5.82. The van der Waals surface area contributed by atoms with E-state index in [1.54, 1.807) is 0 Å². The SMILES string of the molecule is COC(=O)C(C)(F)c1cccc(O)c1OC. The summed E-state index contributed by atoms with van der Waals surface area (Å²) in [5.41, 5.74) is -2.43. The van der Waals surface area contributed by atoms with Gasteiger partial charge in [0, 0.05) is 5.56 Å². The minimum Gasteiger partial charge on any atom is -0.504 e. The van der Waals surface area contributed by atoms with E-state index in [1.165, 1.54) is 25.3 Å². The van der Waals surface area contributed by atoms with Gasteiger partial charge in [-0.25, -0.2) is 9.18 Å². The molecule has 0 heterocycles. The van der Waals surface area contributed by atoms with Crippen LogP contribution in [0.1, 0.15) is 12.5 Å². The molecule has 0 saturated carbocycles. The van der Waals surface area contributed by atoms with Crippen LogP contribution in [0.4, 0.5) is 4.39 Å². The third kappa shape index (κ3) is 1.93. The fourth-order valence-corrected chi connectivity index (χ4v) is 1.41.